The third kappa shape index (κ3) is 4.54. The minimum atomic E-state index is -0.480. The number of aryl methyl sites for hydroxylation is 1. The van der Waals surface area contributed by atoms with Gasteiger partial charge in [-0.15, -0.1) is 0 Å². The molecular weight excluding hydrogens is 408 g/mol. The Morgan fingerprint density at radius 3 is 2.81 bits per heavy atom. The van der Waals surface area contributed by atoms with E-state index in [1.54, 1.807) is 24.5 Å². The maximum absolute atomic E-state index is 11.4. The number of pyridine rings is 1. The summed E-state index contributed by atoms with van der Waals surface area (Å²) in [6.45, 7) is 3.96. The minimum absolute atomic E-state index is 0.406. The summed E-state index contributed by atoms with van der Waals surface area (Å²) in [6.07, 6.45) is 5.82. The number of hydrogen-bond donors (Lipinski definition) is 5. The van der Waals surface area contributed by atoms with Crippen LogP contribution in [0, 0.1) is 6.92 Å². The van der Waals surface area contributed by atoms with Crippen LogP contribution in [0.25, 0.3) is 11.1 Å². The Morgan fingerprint density at radius 2 is 2.00 bits per heavy atom. The first-order valence-electron chi connectivity index (χ1n) is 10.6. The lowest BCUT2D eigenvalue weighted by Gasteiger charge is -2.24. The van der Waals surface area contributed by atoms with Gasteiger partial charge in [0.1, 0.15) is 11.6 Å². The Morgan fingerprint density at radius 1 is 1.09 bits per heavy atom. The molecule has 10 nitrogen and oxygen atoms in total. The van der Waals surface area contributed by atoms with Crippen LogP contribution in [0.1, 0.15) is 18.4 Å². The summed E-state index contributed by atoms with van der Waals surface area (Å²) in [7, 11) is 0. The molecular formula is C22H24N8O2. The zero-order chi connectivity index (χ0) is 21.9. The van der Waals surface area contributed by atoms with E-state index in [1.807, 2.05) is 25.1 Å². The van der Waals surface area contributed by atoms with E-state index in [0.717, 1.165) is 42.3 Å². The Hall–Kier alpha value is -3.92. The summed E-state index contributed by atoms with van der Waals surface area (Å²) in [5, 5.41) is 13.3. The Bertz CT molecular complexity index is 1280. The zero-order valence-electron chi connectivity index (χ0n) is 17.6. The van der Waals surface area contributed by atoms with Crippen LogP contribution >= 0.6 is 0 Å². The van der Waals surface area contributed by atoms with Gasteiger partial charge in [-0.2, -0.15) is 4.98 Å². The molecule has 1 saturated heterocycles. The van der Waals surface area contributed by atoms with E-state index in [2.05, 4.69) is 41.2 Å². The van der Waals surface area contributed by atoms with Crippen LogP contribution < -0.4 is 27.0 Å². The molecule has 1 atom stereocenters. The van der Waals surface area contributed by atoms with Gasteiger partial charge in [-0.25, -0.2) is 14.8 Å². The van der Waals surface area contributed by atoms with Gasteiger partial charge in [0.05, 0.1) is 17.4 Å². The van der Waals surface area contributed by atoms with Crippen LogP contribution in [0.5, 0.6) is 0 Å². The first kappa shape index (κ1) is 20.0. The van der Waals surface area contributed by atoms with Gasteiger partial charge in [-0.1, -0.05) is 0 Å². The molecule has 0 saturated carbocycles. The van der Waals surface area contributed by atoms with E-state index in [0.29, 0.717) is 28.9 Å². The van der Waals surface area contributed by atoms with Crippen LogP contribution in [0.3, 0.4) is 0 Å². The molecule has 0 unspecified atom stereocenters. The number of benzene rings is 1. The molecule has 0 bridgehead atoms. The summed E-state index contributed by atoms with van der Waals surface area (Å²) >= 11 is 0. The van der Waals surface area contributed by atoms with E-state index in [9.17, 15) is 4.79 Å². The molecule has 1 fully saturated rings. The first-order chi connectivity index (χ1) is 15.6. The molecule has 164 valence electrons. The van der Waals surface area contributed by atoms with Gasteiger partial charge in [0.15, 0.2) is 5.58 Å². The van der Waals surface area contributed by atoms with E-state index >= 15 is 0 Å². The van der Waals surface area contributed by atoms with Gasteiger partial charge < -0.3 is 25.7 Å². The van der Waals surface area contributed by atoms with Gasteiger partial charge in [0.25, 0.3) is 0 Å². The monoisotopic (exact) mass is 432 g/mol. The molecule has 10 heteroatoms. The van der Waals surface area contributed by atoms with Gasteiger partial charge in [-0.05, 0) is 56.6 Å². The van der Waals surface area contributed by atoms with Crippen molar-refractivity contribution in [2.24, 2.45) is 0 Å². The summed E-state index contributed by atoms with van der Waals surface area (Å²) in [5.74, 6) is 1.48. The predicted octanol–water partition coefficient (Wildman–Crippen LogP) is 3.27. The molecule has 5 rings (SSSR count). The smallest absolute Gasteiger partial charge is 0.408 e. The fourth-order valence-corrected chi connectivity index (χ4v) is 3.66. The van der Waals surface area contributed by atoms with Crippen LogP contribution in [0.15, 0.2) is 51.9 Å². The largest absolute Gasteiger partial charge is 0.417 e. The number of nitrogens with one attached hydrogen (secondary N) is 5. The zero-order valence-corrected chi connectivity index (χ0v) is 17.6. The van der Waals surface area contributed by atoms with Crippen molar-refractivity contribution < 1.29 is 4.42 Å². The number of aromatic nitrogens is 4. The Balaban J connectivity index is 1.28. The lowest BCUT2D eigenvalue weighted by molar-refractivity contribution is 0.479. The van der Waals surface area contributed by atoms with Crippen LogP contribution in [0.4, 0.5) is 29.0 Å². The van der Waals surface area contributed by atoms with E-state index in [4.69, 9.17) is 4.42 Å². The number of fused-ring (bicyclic) bond motifs is 1. The average molecular weight is 432 g/mol. The summed E-state index contributed by atoms with van der Waals surface area (Å²) in [5.41, 5.74) is 3.58. The Kier molecular flexibility index (Phi) is 5.42. The number of oxazole rings is 1. The molecule has 5 N–H and O–H groups in total. The van der Waals surface area contributed by atoms with E-state index in [-0.39, 0.29) is 0 Å². The minimum Gasteiger partial charge on any atom is -0.408 e. The van der Waals surface area contributed by atoms with Crippen LogP contribution in [-0.4, -0.2) is 39.1 Å². The van der Waals surface area contributed by atoms with Crippen molar-refractivity contribution >= 4 is 40.1 Å². The number of nitrogens with zero attached hydrogens (tertiary/aromatic N) is 3. The molecule has 0 spiro atoms. The maximum atomic E-state index is 11.4. The quantitative estimate of drug-likeness (QED) is 0.311. The van der Waals surface area contributed by atoms with Crippen molar-refractivity contribution in [3.05, 3.63) is 58.8 Å². The highest BCUT2D eigenvalue weighted by molar-refractivity contribution is 5.78. The fraction of sp³-hybridized carbons (Fsp3) is 0.273. The number of anilines is 5. The van der Waals surface area contributed by atoms with Crippen LogP contribution in [-0.2, 0) is 0 Å². The lowest BCUT2D eigenvalue weighted by Crippen LogP contribution is -2.38. The van der Waals surface area contributed by atoms with Crippen molar-refractivity contribution in [1.82, 2.24) is 25.3 Å². The average Bonchev–Trinajstić information content (AvgIpc) is 3.17. The lowest BCUT2D eigenvalue weighted by atomic mass is 10.1. The second kappa shape index (κ2) is 8.67. The highest BCUT2D eigenvalue weighted by atomic mass is 16.4. The fourth-order valence-electron chi connectivity index (χ4n) is 3.66. The number of piperidine rings is 1. The van der Waals surface area contributed by atoms with Crippen molar-refractivity contribution in [2.75, 3.05) is 29.0 Å². The number of aromatic amines is 1. The normalized spacial score (nSPS) is 16.1. The SMILES string of the molecule is Cc1cnc(Nc2ccc(N[C@H]3CCCNC3)nc2)nc1Nc1ccc2oc(=O)[nH]c2c1. The maximum Gasteiger partial charge on any atom is 0.417 e. The second-order valence-corrected chi connectivity index (χ2v) is 7.82. The van der Waals surface area contributed by atoms with Gasteiger partial charge in [0, 0.05) is 30.0 Å². The standard InChI is InChI=1S/C22H24N8O2/c1-13-10-25-21(28-16-5-7-19(24-12-16)26-15-3-2-8-23-11-15)30-20(13)27-14-4-6-18-17(9-14)29-22(31)32-18/h4-7,9-10,12,15,23H,2-3,8,11H2,1H3,(H,24,26)(H,29,31)(H2,25,27,28,30)/t15-/m0/s1. The van der Waals surface area contributed by atoms with E-state index in [1.165, 1.54) is 6.42 Å². The van der Waals surface area contributed by atoms with Crippen LogP contribution in [0.2, 0.25) is 0 Å². The highest BCUT2D eigenvalue weighted by Gasteiger charge is 2.13. The molecule has 1 aromatic carbocycles. The summed E-state index contributed by atoms with van der Waals surface area (Å²) in [6, 6.07) is 9.66. The molecule has 1 aliphatic rings. The van der Waals surface area contributed by atoms with Crippen molar-refractivity contribution in [2.45, 2.75) is 25.8 Å². The third-order valence-corrected chi connectivity index (χ3v) is 5.32. The molecule has 0 radical (unpaired) electrons. The molecule has 4 heterocycles. The number of rotatable bonds is 6. The predicted molar refractivity (Wildman–Crippen MR) is 124 cm³/mol. The highest BCUT2D eigenvalue weighted by Crippen LogP contribution is 2.23. The molecule has 0 aliphatic carbocycles. The molecule has 32 heavy (non-hydrogen) atoms. The number of H-pyrrole nitrogens is 1. The van der Waals surface area contributed by atoms with E-state index < -0.39 is 5.76 Å². The van der Waals surface area contributed by atoms with Gasteiger partial charge >= 0.3 is 5.76 Å². The third-order valence-electron chi connectivity index (χ3n) is 5.32. The first-order valence-corrected chi connectivity index (χ1v) is 10.6. The molecule has 1 aliphatic heterocycles. The van der Waals surface area contributed by atoms with Gasteiger partial charge in [-0.3, -0.25) is 4.98 Å². The molecule has 3 aromatic heterocycles. The summed E-state index contributed by atoms with van der Waals surface area (Å²) < 4.78 is 5.05. The summed E-state index contributed by atoms with van der Waals surface area (Å²) in [4.78, 5) is 27.5. The Labute approximate surface area is 183 Å². The second-order valence-electron chi connectivity index (χ2n) is 7.82. The topological polar surface area (TPSA) is 133 Å². The number of hydrogen-bond acceptors (Lipinski definition) is 9. The van der Waals surface area contributed by atoms with Crippen molar-refractivity contribution in [3.8, 4) is 0 Å². The molecule has 0 amide bonds. The molecule has 4 aromatic rings. The van der Waals surface area contributed by atoms with Crippen molar-refractivity contribution in [1.29, 1.82) is 0 Å². The van der Waals surface area contributed by atoms with Gasteiger partial charge in [0.2, 0.25) is 5.95 Å². The van der Waals surface area contributed by atoms with Crippen molar-refractivity contribution in [3.63, 3.8) is 0 Å².